The maximum atomic E-state index is 13.0. The van der Waals surface area contributed by atoms with Crippen LogP contribution in [0.5, 0.6) is 5.75 Å². The van der Waals surface area contributed by atoms with E-state index < -0.39 is 11.8 Å². The second kappa shape index (κ2) is 7.25. The van der Waals surface area contributed by atoms with Crippen molar-refractivity contribution >= 4 is 56.8 Å². The number of thiocarbonyl (C=S) groups is 1. The van der Waals surface area contributed by atoms with Crippen LogP contribution in [0.2, 0.25) is 0 Å². The number of carbonyl (C=O) groups is 2. The van der Waals surface area contributed by atoms with E-state index in [1.54, 1.807) is 25.1 Å². The number of carbonyl (C=O) groups excluding carboxylic acids is 2. The Kier molecular flexibility index (Phi) is 5.17. The van der Waals surface area contributed by atoms with Crippen molar-refractivity contribution in [2.24, 2.45) is 0 Å². The van der Waals surface area contributed by atoms with Gasteiger partial charge in [-0.1, -0.05) is 22.0 Å². The topological polar surface area (TPSA) is 69.6 Å². The zero-order chi connectivity index (χ0) is 19.9. The van der Waals surface area contributed by atoms with E-state index in [1.165, 1.54) is 11.0 Å². The van der Waals surface area contributed by atoms with Crippen molar-refractivity contribution in [2.45, 2.75) is 20.8 Å². The third kappa shape index (κ3) is 3.65. The molecule has 2 aromatic rings. The summed E-state index contributed by atoms with van der Waals surface area (Å²) in [5.41, 5.74) is 3.56. The Morgan fingerprint density at radius 3 is 2.44 bits per heavy atom. The monoisotopic (exact) mass is 444 g/mol. The van der Waals surface area contributed by atoms with Gasteiger partial charge in [-0.25, -0.2) is 0 Å². The summed E-state index contributed by atoms with van der Waals surface area (Å²) in [6.45, 7) is 5.65. The lowest BCUT2D eigenvalue weighted by Crippen LogP contribution is -2.54. The number of hydrogen-bond donors (Lipinski definition) is 2. The molecule has 2 N–H and O–H groups in total. The molecule has 1 fully saturated rings. The first-order valence-electron chi connectivity index (χ1n) is 8.17. The molecule has 2 amide bonds. The van der Waals surface area contributed by atoms with Crippen LogP contribution in [0, 0.1) is 20.8 Å². The van der Waals surface area contributed by atoms with E-state index in [1.807, 2.05) is 26.0 Å². The van der Waals surface area contributed by atoms with Gasteiger partial charge in [0.05, 0.1) is 5.69 Å². The SMILES string of the molecule is Cc1ccc(N2C(=O)/C(=C/c3cc(Br)cc(C)c3O)C(=O)NC2=S)cc1C. The zero-order valence-electron chi connectivity index (χ0n) is 15.0. The molecule has 0 spiro atoms. The van der Waals surface area contributed by atoms with Crippen molar-refractivity contribution in [1.29, 1.82) is 0 Å². The Morgan fingerprint density at radius 1 is 1.07 bits per heavy atom. The molecule has 0 bridgehead atoms. The van der Waals surface area contributed by atoms with Crippen molar-refractivity contribution in [3.05, 3.63) is 62.6 Å². The number of phenolic OH excluding ortho intramolecular Hbond substituents is 1. The van der Waals surface area contributed by atoms with Crippen molar-refractivity contribution in [3.8, 4) is 5.75 Å². The van der Waals surface area contributed by atoms with E-state index in [-0.39, 0.29) is 16.4 Å². The molecule has 5 nitrogen and oxygen atoms in total. The van der Waals surface area contributed by atoms with Gasteiger partial charge in [0.2, 0.25) is 0 Å². The lowest BCUT2D eigenvalue weighted by molar-refractivity contribution is -0.122. The van der Waals surface area contributed by atoms with E-state index in [2.05, 4.69) is 21.2 Å². The summed E-state index contributed by atoms with van der Waals surface area (Å²) in [4.78, 5) is 26.7. The molecule has 1 aliphatic rings. The van der Waals surface area contributed by atoms with Crippen molar-refractivity contribution in [1.82, 2.24) is 5.32 Å². The molecule has 138 valence electrons. The summed E-state index contributed by atoms with van der Waals surface area (Å²) < 4.78 is 0.731. The Hall–Kier alpha value is -2.51. The number of halogens is 1. The minimum absolute atomic E-state index is 0.0113. The van der Waals surface area contributed by atoms with Crippen LogP contribution < -0.4 is 10.2 Å². The van der Waals surface area contributed by atoms with E-state index in [0.29, 0.717) is 16.8 Å². The standard InChI is InChI=1S/C20H17BrN2O3S/c1-10-4-5-15(7-11(10)2)23-19(26)16(18(25)22-20(23)27)9-13-8-14(21)6-12(3)17(13)24/h4-9,24H,1-3H3,(H,22,25,27)/b16-9+. The smallest absolute Gasteiger partial charge is 0.270 e. The molecule has 0 aliphatic carbocycles. The van der Waals surface area contributed by atoms with E-state index in [9.17, 15) is 14.7 Å². The normalized spacial score (nSPS) is 16.1. The quantitative estimate of drug-likeness (QED) is 0.418. The number of nitrogens with zero attached hydrogens (tertiary/aromatic N) is 1. The zero-order valence-corrected chi connectivity index (χ0v) is 17.4. The van der Waals surface area contributed by atoms with Gasteiger partial charge in [0.15, 0.2) is 5.11 Å². The number of anilines is 1. The second-order valence-electron chi connectivity index (χ2n) is 6.39. The lowest BCUT2D eigenvalue weighted by atomic mass is 10.0. The van der Waals surface area contributed by atoms with Gasteiger partial charge in [0.1, 0.15) is 11.3 Å². The highest BCUT2D eigenvalue weighted by Crippen LogP contribution is 2.30. The molecule has 1 saturated heterocycles. The van der Waals surface area contributed by atoms with Gasteiger partial charge in [-0.05, 0) is 80.0 Å². The first-order valence-corrected chi connectivity index (χ1v) is 9.37. The Morgan fingerprint density at radius 2 is 1.78 bits per heavy atom. The molecular weight excluding hydrogens is 428 g/mol. The van der Waals surface area contributed by atoms with Crippen LogP contribution in [0.15, 0.2) is 40.4 Å². The number of aryl methyl sites for hydroxylation is 3. The molecule has 0 unspecified atom stereocenters. The van der Waals surface area contributed by atoms with E-state index >= 15 is 0 Å². The molecule has 0 aromatic heterocycles. The van der Waals surface area contributed by atoms with Crippen LogP contribution in [0.4, 0.5) is 5.69 Å². The van der Waals surface area contributed by atoms with Gasteiger partial charge >= 0.3 is 0 Å². The molecule has 3 rings (SSSR count). The number of aromatic hydroxyl groups is 1. The molecule has 1 heterocycles. The van der Waals surface area contributed by atoms with Crippen LogP contribution in [0.3, 0.4) is 0 Å². The highest BCUT2D eigenvalue weighted by molar-refractivity contribution is 9.10. The Balaban J connectivity index is 2.09. The average Bonchev–Trinajstić information content (AvgIpc) is 2.58. The third-order valence-electron chi connectivity index (χ3n) is 4.44. The number of rotatable bonds is 2. The minimum Gasteiger partial charge on any atom is -0.507 e. The molecule has 0 saturated carbocycles. The average molecular weight is 445 g/mol. The van der Waals surface area contributed by atoms with Crippen molar-refractivity contribution < 1.29 is 14.7 Å². The first kappa shape index (κ1) is 19.3. The molecule has 27 heavy (non-hydrogen) atoms. The summed E-state index contributed by atoms with van der Waals surface area (Å²) in [7, 11) is 0. The van der Waals surface area contributed by atoms with Gasteiger partial charge in [0, 0.05) is 10.0 Å². The van der Waals surface area contributed by atoms with Gasteiger partial charge in [0.25, 0.3) is 11.8 Å². The Labute approximate surface area is 170 Å². The predicted molar refractivity (Wildman–Crippen MR) is 113 cm³/mol. The van der Waals surface area contributed by atoms with Gasteiger partial charge in [-0.2, -0.15) is 0 Å². The number of phenols is 1. The summed E-state index contributed by atoms with van der Waals surface area (Å²) in [5, 5.41) is 12.9. The van der Waals surface area contributed by atoms with E-state index in [4.69, 9.17) is 12.2 Å². The van der Waals surface area contributed by atoms with Gasteiger partial charge < -0.3 is 5.11 Å². The number of nitrogens with one attached hydrogen (secondary N) is 1. The number of amides is 2. The van der Waals surface area contributed by atoms with E-state index in [0.717, 1.165) is 15.6 Å². The molecule has 2 aromatic carbocycles. The minimum atomic E-state index is -0.595. The third-order valence-corrected chi connectivity index (χ3v) is 5.19. The fraction of sp³-hybridized carbons (Fsp3) is 0.150. The summed E-state index contributed by atoms with van der Waals surface area (Å²) in [5.74, 6) is -1.12. The van der Waals surface area contributed by atoms with Crippen LogP contribution >= 0.6 is 28.1 Å². The first-order chi connectivity index (χ1) is 12.7. The fourth-order valence-electron chi connectivity index (χ4n) is 2.78. The summed E-state index contributed by atoms with van der Waals surface area (Å²) in [6, 6.07) is 8.90. The second-order valence-corrected chi connectivity index (χ2v) is 7.69. The highest BCUT2D eigenvalue weighted by Gasteiger charge is 2.34. The predicted octanol–water partition coefficient (Wildman–Crippen LogP) is 3.91. The Bertz CT molecular complexity index is 1030. The van der Waals surface area contributed by atoms with Gasteiger partial charge in [-0.15, -0.1) is 0 Å². The summed E-state index contributed by atoms with van der Waals surface area (Å²) in [6.07, 6.45) is 1.38. The number of benzene rings is 2. The van der Waals surface area contributed by atoms with Crippen LogP contribution in [0.25, 0.3) is 6.08 Å². The summed E-state index contributed by atoms with van der Waals surface area (Å²) >= 11 is 8.57. The maximum absolute atomic E-state index is 13.0. The molecule has 0 radical (unpaired) electrons. The maximum Gasteiger partial charge on any atom is 0.270 e. The van der Waals surface area contributed by atoms with Crippen LogP contribution in [-0.4, -0.2) is 22.0 Å². The molecule has 1 aliphatic heterocycles. The fourth-order valence-corrected chi connectivity index (χ4v) is 3.65. The largest absolute Gasteiger partial charge is 0.507 e. The lowest BCUT2D eigenvalue weighted by Gasteiger charge is -2.29. The van der Waals surface area contributed by atoms with Gasteiger partial charge in [-0.3, -0.25) is 19.8 Å². The molecule has 0 atom stereocenters. The molecular formula is C20H17BrN2O3S. The van der Waals surface area contributed by atoms with Crippen LogP contribution in [0.1, 0.15) is 22.3 Å². The number of hydrogen-bond acceptors (Lipinski definition) is 4. The van der Waals surface area contributed by atoms with Crippen LogP contribution in [-0.2, 0) is 9.59 Å². The van der Waals surface area contributed by atoms with Crippen molar-refractivity contribution in [3.63, 3.8) is 0 Å². The highest BCUT2D eigenvalue weighted by atomic mass is 79.9. The van der Waals surface area contributed by atoms with Crippen molar-refractivity contribution in [2.75, 3.05) is 4.90 Å². The molecule has 7 heteroatoms.